The number of hydrogen-bond acceptors (Lipinski definition) is 5. The largest absolute Gasteiger partial charge is 0.405 e. The molecular weight excluding hydrogens is 454 g/mol. The van der Waals surface area contributed by atoms with Crippen molar-refractivity contribution in [2.75, 3.05) is 19.6 Å². The number of halogens is 1. The molecule has 0 bridgehead atoms. The normalized spacial score (nSPS) is 20.5. The number of rotatable bonds is 4. The highest BCUT2D eigenvalue weighted by molar-refractivity contribution is 6.31. The maximum absolute atomic E-state index is 6.56. The predicted molar refractivity (Wildman–Crippen MR) is 148 cm³/mol. The van der Waals surface area contributed by atoms with Crippen LogP contribution < -0.4 is 11.5 Å². The molecule has 0 saturated carbocycles. The average molecular weight is 488 g/mol. The van der Waals surface area contributed by atoms with Crippen LogP contribution in [0, 0.1) is 5.41 Å². The number of pyridine rings is 1. The fourth-order valence-electron chi connectivity index (χ4n) is 5.23. The van der Waals surface area contributed by atoms with Crippen LogP contribution in [-0.2, 0) is 5.54 Å². The quantitative estimate of drug-likeness (QED) is 0.491. The lowest BCUT2D eigenvalue weighted by molar-refractivity contribution is 0.143. The van der Waals surface area contributed by atoms with E-state index in [0.29, 0.717) is 0 Å². The van der Waals surface area contributed by atoms with Gasteiger partial charge in [-0.1, -0.05) is 54.6 Å². The summed E-state index contributed by atoms with van der Waals surface area (Å²) in [7, 11) is 0. The van der Waals surface area contributed by atoms with Gasteiger partial charge in [-0.15, -0.1) is 0 Å². The molecule has 5 rings (SSSR count). The van der Waals surface area contributed by atoms with E-state index in [1.54, 1.807) is 0 Å². The van der Waals surface area contributed by atoms with E-state index < -0.39 is 0 Å². The van der Waals surface area contributed by atoms with Gasteiger partial charge in [0, 0.05) is 57.6 Å². The zero-order valence-corrected chi connectivity index (χ0v) is 21.3. The van der Waals surface area contributed by atoms with Crippen LogP contribution in [0.1, 0.15) is 37.8 Å². The summed E-state index contributed by atoms with van der Waals surface area (Å²) in [6, 6.07) is 18.4. The lowest BCUT2D eigenvalue weighted by atomic mass is 9.80. The second kappa shape index (κ2) is 10.2. The molecule has 3 aromatic rings. The van der Waals surface area contributed by atoms with E-state index in [0.717, 1.165) is 65.4 Å². The number of nitrogens with two attached hydrogens (primary N) is 2. The Morgan fingerprint density at radius 1 is 1.14 bits per heavy atom. The first-order chi connectivity index (χ1) is 16.8. The molecule has 1 fully saturated rings. The fourth-order valence-corrected chi connectivity index (χ4v) is 5.60. The van der Waals surface area contributed by atoms with E-state index in [1.807, 2.05) is 36.5 Å². The van der Waals surface area contributed by atoms with Crippen LogP contribution in [0.5, 0.6) is 0 Å². The number of fused-ring (bicyclic) bond motifs is 1. The Labute approximate surface area is 213 Å². The minimum atomic E-state index is -0.146. The number of hydrogen-bond donors (Lipinski definition) is 2. The molecule has 3 heterocycles. The summed E-state index contributed by atoms with van der Waals surface area (Å²) in [5.41, 5.74) is 16.0. The van der Waals surface area contributed by atoms with Gasteiger partial charge in [-0.25, -0.2) is 0 Å². The molecule has 35 heavy (non-hydrogen) atoms. The number of allylic oxidation sites excluding steroid dienone is 1. The van der Waals surface area contributed by atoms with Gasteiger partial charge in [0.2, 0.25) is 0 Å². The van der Waals surface area contributed by atoms with Crippen molar-refractivity contribution in [3.8, 4) is 0 Å². The van der Waals surface area contributed by atoms with Crippen molar-refractivity contribution in [1.29, 1.82) is 0 Å². The number of likely N-dealkylation sites (tertiary alicyclic amines) is 1. The summed E-state index contributed by atoms with van der Waals surface area (Å²) in [5.74, 6) is 0. The van der Waals surface area contributed by atoms with Gasteiger partial charge >= 0.3 is 0 Å². The molecule has 182 valence electrons. The van der Waals surface area contributed by atoms with Crippen molar-refractivity contribution in [1.82, 2.24) is 9.88 Å². The Morgan fingerprint density at radius 3 is 2.63 bits per heavy atom. The Morgan fingerprint density at radius 2 is 1.86 bits per heavy atom. The Bertz CT molecular complexity index is 1280. The third kappa shape index (κ3) is 4.97. The zero-order chi connectivity index (χ0) is 25.1. The van der Waals surface area contributed by atoms with Gasteiger partial charge in [0.25, 0.3) is 0 Å². The average Bonchev–Trinajstić information content (AvgIpc) is 3.47. The third-order valence-electron chi connectivity index (χ3n) is 7.31. The van der Waals surface area contributed by atoms with E-state index in [-0.39, 0.29) is 11.0 Å². The minimum absolute atomic E-state index is 0.0490. The maximum Gasteiger partial charge on any atom is 0.0702 e. The molecule has 0 radical (unpaired) electrons. The van der Waals surface area contributed by atoms with Crippen molar-refractivity contribution in [3.63, 3.8) is 0 Å². The summed E-state index contributed by atoms with van der Waals surface area (Å²) in [5, 5.41) is 1.92. The molecule has 2 aromatic carbocycles. The molecular formula is C29H34ClN5. The second-order valence-electron chi connectivity index (χ2n) is 9.76. The maximum atomic E-state index is 6.56. The first kappa shape index (κ1) is 25.0. The molecule has 1 unspecified atom stereocenters. The SMILES string of the molecule is C=CN.CC(C)(c1ccccc1Cl)N1CCC2(CCN=C2/C=C(\N)c2cnc3ccccc3c2)C1. The van der Waals surface area contributed by atoms with E-state index in [4.69, 9.17) is 22.3 Å². The van der Waals surface area contributed by atoms with E-state index >= 15 is 0 Å². The molecule has 4 N–H and O–H groups in total. The minimum Gasteiger partial charge on any atom is -0.405 e. The number of para-hydroxylation sites is 1. The van der Waals surface area contributed by atoms with Gasteiger partial charge < -0.3 is 11.5 Å². The Kier molecular flexibility index (Phi) is 7.29. The van der Waals surface area contributed by atoms with Crippen molar-refractivity contribution in [2.45, 2.75) is 32.2 Å². The molecule has 0 amide bonds. The van der Waals surface area contributed by atoms with Crippen molar-refractivity contribution in [3.05, 3.63) is 95.8 Å². The summed E-state index contributed by atoms with van der Waals surface area (Å²) >= 11 is 6.56. The van der Waals surface area contributed by atoms with Crippen molar-refractivity contribution < 1.29 is 0 Å². The summed E-state index contributed by atoms with van der Waals surface area (Å²) in [6.45, 7) is 10.5. The number of benzene rings is 2. The Hall–Kier alpha value is -3.15. The predicted octanol–water partition coefficient (Wildman–Crippen LogP) is 5.75. The molecule has 1 aromatic heterocycles. The molecule has 0 aliphatic carbocycles. The lowest BCUT2D eigenvalue weighted by Crippen LogP contribution is -2.42. The fraction of sp³-hybridized carbons (Fsp3) is 0.310. The van der Waals surface area contributed by atoms with Crippen LogP contribution in [0.4, 0.5) is 0 Å². The molecule has 1 spiro atoms. The van der Waals surface area contributed by atoms with Crippen LogP contribution in [0.2, 0.25) is 5.02 Å². The van der Waals surface area contributed by atoms with Crippen molar-refractivity contribution >= 4 is 33.9 Å². The van der Waals surface area contributed by atoms with Crippen molar-refractivity contribution in [2.24, 2.45) is 21.9 Å². The molecule has 2 aliphatic rings. The zero-order valence-electron chi connectivity index (χ0n) is 20.5. The molecule has 5 nitrogen and oxygen atoms in total. The number of nitrogens with zero attached hydrogens (tertiary/aromatic N) is 3. The lowest BCUT2D eigenvalue weighted by Gasteiger charge is -2.38. The molecule has 1 saturated heterocycles. The van der Waals surface area contributed by atoms with Crippen LogP contribution in [0.3, 0.4) is 0 Å². The summed E-state index contributed by atoms with van der Waals surface area (Å²) < 4.78 is 0. The van der Waals surface area contributed by atoms with E-state index in [9.17, 15) is 0 Å². The first-order valence-electron chi connectivity index (χ1n) is 12.0. The first-order valence-corrected chi connectivity index (χ1v) is 12.4. The number of aromatic nitrogens is 1. The van der Waals surface area contributed by atoms with Crippen LogP contribution >= 0.6 is 11.6 Å². The molecule has 1 atom stereocenters. The smallest absolute Gasteiger partial charge is 0.0702 e. The Balaban J connectivity index is 0.000000917. The summed E-state index contributed by atoms with van der Waals surface area (Å²) in [6.07, 6.45) is 7.35. The highest BCUT2D eigenvalue weighted by Gasteiger charge is 2.47. The van der Waals surface area contributed by atoms with Crippen LogP contribution in [0.25, 0.3) is 16.6 Å². The second-order valence-corrected chi connectivity index (χ2v) is 10.2. The summed E-state index contributed by atoms with van der Waals surface area (Å²) in [4.78, 5) is 12.0. The standard InChI is InChI=1S/C27H29ClN4.C2H5N/c1-26(2,21-8-4-5-9-22(21)28)32-14-12-27(18-32)11-13-30-25(27)16-23(29)20-15-19-7-3-6-10-24(19)31-17-20;1-2-3/h3-10,15-17H,11-14,18,29H2,1-2H3;2H,1,3H2/b23-16-;. The van der Waals surface area contributed by atoms with Gasteiger partial charge in [0.15, 0.2) is 0 Å². The van der Waals surface area contributed by atoms with Gasteiger partial charge in [0.05, 0.1) is 5.52 Å². The highest BCUT2D eigenvalue weighted by Crippen LogP contribution is 2.45. The van der Waals surface area contributed by atoms with E-state index in [1.165, 1.54) is 11.8 Å². The monoisotopic (exact) mass is 487 g/mol. The molecule has 2 aliphatic heterocycles. The van der Waals surface area contributed by atoms with Gasteiger partial charge in [-0.05, 0) is 69.3 Å². The molecule has 6 heteroatoms. The van der Waals surface area contributed by atoms with Gasteiger partial charge in [-0.3, -0.25) is 14.9 Å². The van der Waals surface area contributed by atoms with E-state index in [2.05, 4.69) is 66.4 Å². The third-order valence-corrected chi connectivity index (χ3v) is 7.64. The van der Waals surface area contributed by atoms with Gasteiger partial charge in [-0.2, -0.15) is 0 Å². The van der Waals surface area contributed by atoms with Gasteiger partial charge in [0.1, 0.15) is 0 Å². The van der Waals surface area contributed by atoms with Crippen LogP contribution in [0.15, 0.2) is 84.6 Å². The highest BCUT2D eigenvalue weighted by atomic mass is 35.5. The van der Waals surface area contributed by atoms with Crippen LogP contribution in [-0.4, -0.2) is 35.2 Å². The topological polar surface area (TPSA) is 80.5 Å². The number of aliphatic imine (C=N–C) groups is 1.